The molecule has 9 heteroatoms. The minimum Gasteiger partial charge on any atom is -0.320 e. The highest BCUT2D eigenvalue weighted by Crippen LogP contribution is 2.36. The normalized spacial score (nSPS) is 12.4. The molecule has 0 saturated carbocycles. The minimum atomic E-state index is -4.69. The van der Waals surface area contributed by atoms with Crippen molar-refractivity contribution in [3.8, 4) is 0 Å². The molecule has 0 spiro atoms. The summed E-state index contributed by atoms with van der Waals surface area (Å²) in [7, 11) is -2.10. The summed E-state index contributed by atoms with van der Waals surface area (Å²) in [5.41, 5.74) is -1.62. The number of nitrogens with one attached hydrogen (secondary N) is 2. The molecule has 0 aliphatic heterocycles. The average molecular weight is 345 g/mol. The van der Waals surface area contributed by atoms with Gasteiger partial charge in [0.15, 0.2) is 0 Å². The zero-order chi connectivity index (χ0) is 16.1. The molecule has 0 aliphatic rings. The number of benzene rings is 1. The van der Waals surface area contributed by atoms with Crippen molar-refractivity contribution in [3.63, 3.8) is 0 Å². The highest BCUT2D eigenvalue weighted by Gasteiger charge is 2.34. The monoisotopic (exact) mass is 344 g/mol. The zero-order valence-corrected chi connectivity index (χ0v) is 12.9. The number of halogens is 4. The van der Waals surface area contributed by atoms with E-state index < -0.39 is 27.5 Å². The van der Waals surface area contributed by atoms with Crippen molar-refractivity contribution >= 4 is 27.3 Å². The highest BCUT2D eigenvalue weighted by molar-refractivity contribution is 7.92. The first-order valence-electron chi connectivity index (χ1n) is 6.17. The van der Waals surface area contributed by atoms with Gasteiger partial charge >= 0.3 is 6.18 Å². The van der Waals surface area contributed by atoms with Crippen molar-refractivity contribution in [2.45, 2.75) is 19.0 Å². The lowest BCUT2D eigenvalue weighted by atomic mass is 10.2. The first kappa shape index (κ1) is 18.1. The Balaban J connectivity index is 2.87. The van der Waals surface area contributed by atoms with Crippen LogP contribution in [0, 0.1) is 0 Å². The van der Waals surface area contributed by atoms with Crippen LogP contribution < -0.4 is 10.0 Å². The summed E-state index contributed by atoms with van der Waals surface area (Å²) in [6.07, 6.45) is -3.72. The molecule has 0 heterocycles. The second-order valence-corrected chi connectivity index (χ2v) is 6.70. The molecule has 0 radical (unpaired) electrons. The molecule has 1 rings (SSSR count). The van der Waals surface area contributed by atoms with Crippen LogP contribution >= 0.6 is 11.6 Å². The van der Waals surface area contributed by atoms with Gasteiger partial charge in [-0.1, -0.05) is 11.6 Å². The van der Waals surface area contributed by atoms with Gasteiger partial charge in [0.05, 0.1) is 17.0 Å². The third-order valence-corrected chi connectivity index (χ3v) is 4.23. The van der Waals surface area contributed by atoms with E-state index in [-0.39, 0.29) is 10.8 Å². The Morgan fingerprint density at radius 1 is 1.24 bits per heavy atom. The number of anilines is 1. The van der Waals surface area contributed by atoms with Gasteiger partial charge in [-0.15, -0.1) is 0 Å². The average Bonchev–Trinajstić information content (AvgIpc) is 2.35. The van der Waals surface area contributed by atoms with Gasteiger partial charge in [0.2, 0.25) is 10.0 Å². The largest absolute Gasteiger partial charge is 0.418 e. The van der Waals surface area contributed by atoms with Gasteiger partial charge in [-0.3, -0.25) is 4.72 Å². The van der Waals surface area contributed by atoms with E-state index in [0.717, 1.165) is 6.07 Å². The summed E-state index contributed by atoms with van der Waals surface area (Å²) >= 11 is 5.53. The molecule has 1 aromatic carbocycles. The van der Waals surface area contributed by atoms with Crippen molar-refractivity contribution in [1.82, 2.24) is 5.32 Å². The van der Waals surface area contributed by atoms with Gasteiger partial charge in [-0.05, 0) is 44.6 Å². The SMILES string of the molecule is CNCCCCS(=O)(=O)Nc1ccc(Cl)cc1C(F)(F)F. The maximum absolute atomic E-state index is 12.9. The molecule has 0 amide bonds. The molecule has 0 aromatic heterocycles. The molecule has 0 atom stereocenters. The van der Waals surface area contributed by atoms with Gasteiger partial charge in [-0.25, -0.2) is 8.42 Å². The summed E-state index contributed by atoms with van der Waals surface area (Å²) in [6, 6.07) is 2.91. The summed E-state index contributed by atoms with van der Waals surface area (Å²) in [6.45, 7) is 0.643. The first-order chi connectivity index (χ1) is 9.65. The smallest absolute Gasteiger partial charge is 0.320 e. The fourth-order valence-corrected chi connectivity index (χ4v) is 3.02. The van der Waals surface area contributed by atoms with Gasteiger partial charge in [0, 0.05) is 5.02 Å². The molecule has 21 heavy (non-hydrogen) atoms. The molecule has 0 saturated heterocycles. The minimum absolute atomic E-state index is 0.112. The van der Waals surface area contributed by atoms with E-state index in [1.54, 1.807) is 7.05 Å². The fraction of sp³-hybridized carbons (Fsp3) is 0.500. The number of rotatable bonds is 7. The third kappa shape index (κ3) is 6.11. The molecular weight excluding hydrogens is 329 g/mol. The number of alkyl halides is 3. The van der Waals surface area contributed by atoms with Crippen LogP contribution in [0.15, 0.2) is 18.2 Å². The molecule has 0 bridgehead atoms. The van der Waals surface area contributed by atoms with Crippen LogP contribution in [0.25, 0.3) is 0 Å². The summed E-state index contributed by atoms with van der Waals surface area (Å²) in [5, 5.41) is 2.75. The summed E-state index contributed by atoms with van der Waals surface area (Å²) < 4.78 is 64.1. The number of hydrogen-bond acceptors (Lipinski definition) is 3. The molecule has 0 fully saturated rings. The summed E-state index contributed by atoms with van der Waals surface area (Å²) in [5.74, 6) is -0.241. The van der Waals surface area contributed by atoms with Crippen LogP contribution in [0.1, 0.15) is 18.4 Å². The fourth-order valence-electron chi connectivity index (χ4n) is 1.65. The van der Waals surface area contributed by atoms with Gasteiger partial charge < -0.3 is 5.32 Å². The van der Waals surface area contributed by atoms with Crippen molar-refractivity contribution in [3.05, 3.63) is 28.8 Å². The number of hydrogen-bond donors (Lipinski definition) is 2. The lowest BCUT2D eigenvalue weighted by molar-refractivity contribution is -0.136. The van der Waals surface area contributed by atoms with Gasteiger partial charge in [0.1, 0.15) is 0 Å². The van der Waals surface area contributed by atoms with E-state index in [2.05, 4.69) is 5.32 Å². The maximum Gasteiger partial charge on any atom is 0.418 e. The van der Waals surface area contributed by atoms with E-state index in [0.29, 0.717) is 25.5 Å². The van der Waals surface area contributed by atoms with Crippen LogP contribution in [0.3, 0.4) is 0 Å². The second kappa shape index (κ2) is 7.33. The van der Waals surface area contributed by atoms with E-state index in [1.807, 2.05) is 4.72 Å². The zero-order valence-electron chi connectivity index (χ0n) is 11.3. The molecule has 2 N–H and O–H groups in total. The van der Waals surface area contributed by atoms with Crippen LogP contribution in [-0.4, -0.2) is 27.8 Å². The Bertz CT molecular complexity index is 576. The number of unbranched alkanes of at least 4 members (excludes halogenated alkanes) is 1. The van der Waals surface area contributed by atoms with E-state index in [4.69, 9.17) is 11.6 Å². The Morgan fingerprint density at radius 3 is 2.48 bits per heavy atom. The molecule has 4 nitrogen and oxygen atoms in total. The highest BCUT2D eigenvalue weighted by atomic mass is 35.5. The van der Waals surface area contributed by atoms with Crippen molar-refractivity contribution < 1.29 is 21.6 Å². The second-order valence-electron chi connectivity index (χ2n) is 4.42. The molecule has 0 aliphatic carbocycles. The van der Waals surface area contributed by atoms with Crippen LogP contribution in [0.4, 0.5) is 18.9 Å². The molecule has 1 aromatic rings. The Kier molecular flexibility index (Phi) is 6.30. The third-order valence-electron chi connectivity index (χ3n) is 2.64. The molecule has 0 unspecified atom stereocenters. The van der Waals surface area contributed by atoms with E-state index in [1.165, 1.54) is 6.07 Å². The first-order valence-corrected chi connectivity index (χ1v) is 8.20. The molecule has 120 valence electrons. The maximum atomic E-state index is 12.9. The van der Waals surface area contributed by atoms with Crippen LogP contribution in [-0.2, 0) is 16.2 Å². The lowest BCUT2D eigenvalue weighted by Gasteiger charge is -2.15. The van der Waals surface area contributed by atoms with Crippen LogP contribution in [0.5, 0.6) is 0 Å². The Hall–Kier alpha value is -0.990. The van der Waals surface area contributed by atoms with E-state index >= 15 is 0 Å². The standard InChI is InChI=1S/C12H16ClF3N2O2S/c1-17-6-2-3-7-21(19,20)18-11-5-4-9(13)8-10(11)12(14,15)16/h4-5,8,17-18H,2-3,6-7H2,1H3. The summed E-state index contributed by atoms with van der Waals surface area (Å²) in [4.78, 5) is 0. The predicted molar refractivity (Wildman–Crippen MR) is 77.0 cm³/mol. The lowest BCUT2D eigenvalue weighted by Crippen LogP contribution is -2.20. The van der Waals surface area contributed by atoms with Crippen molar-refractivity contribution in [2.24, 2.45) is 0 Å². The Morgan fingerprint density at radius 2 is 1.90 bits per heavy atom. The quantitative estimate of drug-likeness (QED) is 0.747. The van der Waals surface area contributed by atoms with Gasteiger partial charge in [0.25, 0.3) is 0 Å². The van der Waals surface area contributed by atoms with E-state index in [9.17, 15) is 21.6 Å². The molecular formula is C12H16ClF3N2O2S. The number of sulfonamides is 1. The Labute approximate surface area is 126 Å². The van der Waals surface area contributed by atoms with Crippen LogP contribution in [0.2, 0.25) is 5.02 Å². The van der Waals surface area contributed by atoms with Gasteiger partial charge in [-0.2, -0.15) is 13.2 Å². The predicted octanol–water partition coefficient (Wildman–Crippen LogP) is 3.10. The van der Waals surface area contributed by atoms with Crippen molar-refractivity contribution in [2.75, 3.05) is 24.1 Å². The topological polar surface area (TPSA) is 58.2 Å². The van der Waals surface area contributed by atoms with Crippen molar-refractivity contribution in [1.29, 1.82) is 0 Å².